The van der Waals surface area contributed by atoms with E-state index < -0.39 is 0 Å². The molecule has 4 heteroatoms. The number of rotatable bonds is 3. The van der Waals surface area contributed by atoms with Crippen LogP contribution in [0.15, 0.2) is 18.2 Å². The molecular weight excluding hydrogens is 217 g/mol. The van der Waals surface area contributed by atoms with Crippen LogP contribution in [-0.4, -0.2) is 37.6 Å². The number of halogens is 1. The van der Waals surface area contributed by atoms with E-state index in [-0.39, 0.29) is 12.4 Å². The predicted molar refractivity (Wildman–Crippen MR) is 68.6 cm³/mol. The molecule has 2 rings (SSSR count). The van der Waals surface area contributed by atoms with Gasteiger partial charge in [-0.25, -0.2) is 4.39 Å². The first-order chi connectivity index (χ1) is 8.26. The molecule has 3 nitrogen and oxygen atoms in total. The number of benzene rings is 1. The Morgan fingerprint density at radius 3 is 2.53 bits per heavy atom. The maximum Gasteiger partial charge on any atom is 0.129 e. The summed E-state index contributed by atoms with van der Waals surface area (Å²) in [6.45, 7) is 7.49. The zero-order valence-electron chi connectivity index (χ0n) is 10.3. The summed E-state index contributed by atoms with van der Waals surface area (Å²) < 4.78 is 13.6. The molecule has 1 aliphatic heterocycles. The zero-order chi connectivity index (χ0) is 12.3. The summed E-state index contributed by atoms with van der Waals surface area (Å²) in [5.41, 5.74) is 7.23. The largest absolute Gasteiger partial charge is 0.369 e. The number of nitrogens with zero attached hydrogens (tertiary/aromatic N) is 2. The molecule has 0 atom stereocenters. The van der Waals surface area contributed by atoms with Crippen LogP contribution >= 0.6 is 0 Å². The Kier molecular flexibility index (Phi) is 3.97. The fourth-order valence-corrected chi connectivity index (χ4v) is 2.35. The highest BCUT2D eigenvalue weighted by Crippen LogP contribution is 2.23. The number of nitrogens with two attached hydrogens (primary N) is 1. The smallest absolute Gasteiger partial charge is 0.129 e. The van der Waals surface area contributed by atoms with Gasteiger partial charge >= 0.3 is 0 Å². The van der Waals surface area contributed by atoms with E-state index in [4.69, 9.17) is 5.73 Å². The van der Waals surface area contributed by atoms with Crippen LogP contribution in [0.2, 0.25) is 0 Å². The minimum atomic E-state index is -0.192. The van der Waals surface area contributed by atoms with Gasteiger partial charge in [0, 0.05) is 44.0 Å². The van der Waals surface area contributed by atoms with Gasteiger partial charge in [0.2, 0.25) is 0 Å². The van der Waals surface area contributed by atoms with Crippen molar-refractivity contribution in [3.63, 3.8) is 0 Å². The Morgan fingerprint density at radius 1 is 1.24 bits per heavy atom. The molecule has 1 fully saturated rings. The molecule has 0 spiro atoms. The van der Waals surface area contributed by atoms with Crippen LogP contribution in [0.4, 0.5) is 10.1 Å². The molecule has 0 aromatic heterocycles. The van der Waals surface area contributed by atoms with E-state index in [0.29, 0.717) is 5.56 Å². The van der Waals surface area contributed by atoms with Crippen molar-refractivity contribution in [1.82, 2.24) is 4.90 Å². The molecule has 0 saturated carbocycles. The second-order valence-electron chi connectivity index (χ2n) is 4.36. The highest BCUT2D eigenvalue weighted by atomic mass is 19.1. The molecule has 1 aromatic carbocycles. The van der Waals surface area contributed by atoms with Crippen LogP contribution in [0.3, 0.4) is 0 Å². The van der Waals surface area contributed by atoms with Crippen molar-refractivity contribution in [2.75, 3.05) is 37.6 Å². The molecule has 1 heterocycles. The molecule has 0 bridgehead atoms. The van der Waals surface area contributed by atoms with E-state index in [2.05, 4.69) is 16.7 Å². The quantitative estimate of drug-likeness (QED) is 0.863. The highest BCUT2D eigenvalue weighted by Gasteiger charge is 2.18. The van der Waals surface area contributed by atoms with Gasteiger partial charge in [0.05, 0.1) is 0 Å². The van der Waals surface area contributed by atoms with E-state index in [1.54, 1.807) is 6.07 Å². The third-order valence-electron chi connectivity index (χ3n) is 3.46. The standard InChI is InChI=1S/C13H20FN3/c1-2-16-6-8-17(9-7-16)13-5-3-4-12(14)11(13)10-15/h3-5H,2,6-10,15H2,1H3. The molecule has 1 aliphatic rings. The van der Waals surface area contributed by atoms with Crippen molar-refractivity contribution >= 4 is 5.69 Å². The van der Waals surface area contributed by atoms with Crippen molar-refractivity contribution in [2.45, 2.75) is 13.5 Å². The van der Waals surface area contributed by atoms with Crippen LogP contribution in [0, 0.1) is 5.82 Å². The maximum atomic E-state index is 13.6. The molecule has 0 unspecified atom stereocenters. The van der Waals surface area contributed by atoms with Gasteiger partial charge in [-0.05, 0) is 18.7 Å². The predicted octanol–water partition coefficient (Wildman–Crippen LogP) is 1.43. The maximum absolute atomic E-state index is 13.6. The summed E-state index contributed by atoms with van der Waals surface area (Å²) in [5, 5.41) is 0. The van der Waals surface area contributed by atoms with Crippen molar-refractivity contribution in [3.05, 3.63) is 29.6 Å². The second kappa shape index (κ2) is 5.47. The first-order valence-electron chi connectivity index (χ1n) is 6.21. The van der Waals surface area contributed by atoms with Crippen molar-refractivity contribution in [3.8, 4) is 0 Å². The van der Waals surface area contributed by atoms with Crippen LogP contribution in [0.25, 0.3) is 0 Å². The Bertz CT molecular complexity index is 373. The van der Waals surface area contributed by atoms with E-state index in [9.17, 15) is 4.39 Å². The lowest BCUT2D eigenvalue weighted by Gasteiger charge is -2.36. The first kappa shape index (κ1) is 12.3. The molecule has 1 saturated heterocycles. The van der Waals surface area contributed by atoms with Crippen LogP contribution in [-0.2, 0) is 6.54 Å². The summed E-state index contributed by atoms with van der Waals surface area (Å²) in [6.07, 6.45) is 0. The molecular formula is C13H20FN3. The van der Waals surface area contributed by atoms with Gasteiger partial charge < -0.3 is 15.5 Å². The normalized spacial score (nSPS) is 17.5. The Hall–Kier alpha value is -1.13. The van der Waals surface area contributed by atoms with Gasteiger partial charge in [-0.3, -0.25) is 0 Å². The van der Waals surface area contributed by atoms with Gasteiger partial charge in [-0.2, -0.15) is 0 Å². The van der Waals surface area contributed by atoms with Crippen LogP contribution in [0.1, 0.15) is 12.5 Å². The molecule has 17 heavy (non-hydrogen) atoms. The number of hydrogen-bond acceptors (Lipinski definition) is 3. The lowest BCUT2D eigenvalue weighted by molar-refractivity contribution is 0.271. The number of hydrogen-bond donors (Lipinski definition) is 1. The average Bonchev–Trinajstić information content (AvgIpc) is 2.38. The monoisotopic (exact) mass is 237 g/mol. The van der Waals surface area contributed by atoms with E-state index >= 15 is 0 Å². The highest BCUT2D eigenvalue weighted by molar-refractivity contribution is 5.54. The minimum Gasteiger partial charge on any atom is -0.369 e. The molecule has 0 amide bonds. The molecule has 1 aromatic rings. The molecule has 0 radical (unpaired) electrons. The van der Waals surface area contributed by atoms with Gasteiger partial charge in [0.15, 0.2) is 0 Å². The fraction of sp³-hybridized carbons (Fsp3) is 0.538. The van der Waals surface area contributed by atoms with Gasteiger partial charge in [0.25, 0.3) is 0 Å². The number of likely N-dealkylation sites (N-methyl/N-ethyl adjacent to an activating group) is 1. The minimum absolute atomic E-state index is 0.192. The number of piperazine rings is 1. The molecule has 2 N–H and O–H groups in total. The van der Waals surface area contributed by atoms with E-state index in [1.165, 1.54) is 6.07 Å². The Balaban J connectivity index is 2.15. The third kappa shape index (κ3) is 2.58. The van der Waals surface area contributed by atoms with Crippen molar-refractivity contribution in [1.29, 1.82) is 0 Å². The topological polar surface area (TPSA) is 32.5 Å². The summed E-state index contributed by atoms with van der Waals surface area (Å²) in [7, 11) is 0. The van der Waals surface area contributed by atoms with Crippen LogP contribution < -0.4 is 10.6 Å². The van der Waals surface area contributed by atoms with E-state index in [1.807, 2.05) is 6.07 Å². The van der Waals surface area contributed by atoms with Crippen molar-refractivity contribution in [2.24, 2.45) is 5.73 Å². The third-order valence-corrected chi connectivity index (χ3v) is 3.46. The molecule has 94 valence electrons. The summed E-state index contributed by atoms with van der Waals surface area (Å²) in [6, 6.07) is 5.21. The Labute approximate surface area is 102 Å². The van der Waals surface area contributed by atoms with Gasteiger partial charge in [0.1, 0.15) is 5.82 Å². The first-order valence-corrected chi connectivity index (χ1v) is 6.21. The summed E-state index contributed by atoms with van der Waals surface area (Å²) >= 11 is 0. The van der Waals surface area contributed by atoms with Crippen molar-refractivity contribution < 1.29 is 4.39 Å². The number of anilines is 1. The van der Waals surface area contributed by atoms with E-state index in [0.717, 1.165) is 38.4 Å². The van der Waals surface area contributed by atoms with Gasteiger partial charge in [-0.15, -0.1) is 0 Å². The average molecular weight is 237 g/mol. The molecule has 0 aliphatic carbocycles. The van der Waals surface area contributed by atoms with Crippen LogP contribution in [0.5, 0.6) is 0 Å². The fourth-order valence-electron chi connectivity index (χ4n) is 2.35. The zero-order valence-corrected chi connectivity index (χ0v) is 10.3. The second-order valence-corrected chi connectivity index (χ2v) is 4.36. The SMILES string of the molecule is CCN1CCN(c2cccc(F)c2CN)CC1. The summed E-state index contributed by atoms with van der Waals surface area (Å²) in [4.78, 5) is 4.63. The van der Waals surface area contributed by atoms with Gasteiger partial charge in [-0.1, -0.05) is 13.0 Å². The Morgan fingerprint density at radius 2 is 1.94 bits per heavy atom. The lowest BCUT2D eigenvalue weighted by atomic mass is 10.1. The lowest BCUT2D eigenvalue weighted by Crippen LogP contribution is -2.46. The summed E-state index contributed by atoms with van der Waals surface area (Å²) in [5.74, 6) is -0.192.